The van der Waals surface area contributed by atoms with Gasteiger partial charge in [0, 0.05) is 22.7 Å². The van der Waals surface area contributed by atoms with Crippen LogP contribution in [0, 0.1) is 10.1 Å². The number of non-ortho nitro benzene ring substituents is 1. The molecule has 0 aliphatic heterocycles. The van der Waals surface area contributed by atoms with E-state index in [4.69, 9.17) is 16.3 Å². The highest BCUT2D eigenvalue weighted by atomic mass is 79.9. The van der Waals surface area contributed by atoms with Gasteiger partial charge in [0.25, 0.3) is 11.6 Å². The average Bonchev–Trinajstić information content (AvgIpc) is 2.74. The maximum atomic E-state index is 12.1. The SMILES string of the molecule is O=C(N/N=C/c1cc(Br)c(OCc2ccc(Cl)cc2)c(Br)c1)c1ccc([N+](=O)[O-])cc1. The topological polar surface area (TPSA) is 93.8 Å². The first-order chi connectivity index (χ1) is 14.8. The molecule has 7 nitrogen and oxygen atoms in total. The molecule has 1 amide bonds. The lowest BCUT2D eigenvalue weighted by Gasteiger charge is -2.11. The van der Waals surface area contributed by atoms with Crippen molar-refractivity contribution in [2.75, 3.05) is 0 Å². The van der Waals surface area contributed by atoms with Crippen molar-refractivity contribution in [3.63, 3.8) is 0 Å². The number of carbonyl (C=O) groups is 1. The van der Waals surface area contributed by atoms with E-state index in [9.17, 15) is 14.9 Å². The zero-order chi connectivity index (χ0) is 22.4. The Morgan fingerprint density at radius 1 is 1.10 bits per heavy atom. The number of nitro groups is 1. The number of rotatable bonds is 7. The zero-order valence-electron chi connectivity index (χ0n) is 15.7. The number of hydrazone groups is 1. The number of ether oxygens (including phenoxy) is 1. The van der Waals surface area contributed by atoms with E-state index in [0.717, 1.165) is 5.56 Å². The Hall–Kier alpha value is -2.75. The van der Waals surface area contributed by atoms with E-state index in [-0.39, 0.29) is 11.3 Å². The fourth-order valence-corrected chi connectivity index (χ4v) is 4.07. The number of benzene rings is 3. The van der Waals surface area contributed by atoms with E-state index in [0.29, 0.717) is 31.9 Å². The van der Waals surface area contributed by atoms with Crippen molar-refractivity contribution in [2.45, 2.75) is 6.61 Å². The van der Waals surface area contributed by atoms with Crippen LogP contribution in [-0.2, 0) is 6.61 Å². The van der Waals surface area contributed by atoms with Crippen LogP contribution < -0.4 is 10.2 Å². The third-order valence-corrected chi connectivity index (χ3v) is 5.47. The number of amides is 1. The van der Waals surface area contributed by atoms with E-state index >= 15 is 0 Å². The molecule has 1 N–H and O–H groups in total. The first-order valence-electron chi connectivity index (χ1n) is 8.77. The molecule has 3 rings (SSSR count). The fraction of sp³-hybridized carbons (Fsp3) is 0.0476. The average molecular weight is 568 g/mol. The second-order valence-corrected chi connectivity index (χ2v) is 8.38. The Labute approximate surface area is 199 Å². The summed E-state index contributed by atoms with van der Waals surface area (Å²) in [6.07, 6.45) is 1.47. The molecule has 0 saturated carbocycles. The van der Waals surface area contributed by atoms with Crippen molar-refractivity contribution in [3.05, 3.63) is 101 Å². The summed E-state index contributed by atoms with van der Waals surface area (Å²) < 4.78 is 7.29. The van der Waals surface area contributed by atoms with Gasteiger partial charge in [0.2, 0.25) is 0 Å². The molecule has 0 spiro atoms. The zero-order valence-corrected chi connectivity index (χ0v) is 19.6. The third-order valence-electron chi connectivity index (χ3n) is 4.04. The lowest BCUT2D eigenvalue weighted by molar-refractivity contribution is -0.384. The van der Waals surface area contributed by atoms with Gasteiger partial charge in [-0.05, 0) is 79.4 Å². The summed E-state index contributed by atoms with van der Waals surface area (Å²) in [6.45, 7) is 0.368. The van der Waals surface area contributed by atoms with Crippen LogP contribution in [0.4, 0.5) is 5.69 Å². The van der Waals surface area contributed by atoms with E-state index in [2.05, 4.69) is 42.4 Å². The van der Waals surface area contributed by atoms with Crippen molar-refractivity contribution in [3.8, 4) is 5.75 Å². The molecule has 0 bridgehead atoms. The molecule has 3 aromatic carbocycles. The summed E-state index contributed by atoms with van der Waals surface area (Å²) in [4.78, 5) is 22.2. The van der Waals surface area contributed by atoms with Crippen LogP contribution in [0.5, 0.6) is 5.75 Å². The second kappa shape index (κ2) is 10.5. The second-order valence-electron chi connectivity index (χ2n) is 6.23. The van der Waals surface area contributed by atoms with Crippen LogP contribution >= 0.6 is 43.5 Å². The molecule has 0 fully saturated rings. The quantitative estimate of drug-likeness (QED) is 0.212. The predicted molar refractivity (Wildman–Crippen MR) is 126 cm³/mol. The maximum absolute atomic E-state index is 12.1. The van der Waals surface area contributed by atoms with Crippen molar-refractivity contribution >= 4 is 61.3 Å². The van der Waals surface area contributed by atoms with Gasteiger partial charge in [0.05, 0.1) is 20.1 Å². The molecule has 10 heteroatoms. The first-order valence-corrected chi connectivity index (χ1v) is 10.7. The number of nitrogens with one attached hydrogen (secondary N) is 1. The Kier molecular flexibility index (Phi) is 7.78. The van der Waals surface area contributed by atoms with Crippen molar-refractivity contribution < 1.29 is 14.5 Å². The van der Waals surface area contributed by atoms with Gasteiger partial charge in [-0.15, -0.1) is 0 Å². The monoisotopic (exact) mass is 565 g/mol. The van der Waals surface area contributed by atoms with Crippen LogP contribution in [0.25, 0.3) is 0 Å². The predicted octanol–water partition coefficient (Wildman–Crippen LogP) is 6.12. The molecule has 158 valence electrons. The largest absolute Gasteiger partial charge is 0.487 e. The number of nitro benzene ring substituents is 1. The van der Waals surface area contributed by atoms with Gasteiger partial charge in [-0.1, -0.05) is 23.7 Å². The third kappa shape index (κ3) is 6.36. The minimum absolute atomic E-state index is 0.0897. The summed E-state index contributed by atoms with van der Waals surface area (Å²) in [7, 11) is 0. The van der Waals surface area contributed by atoms with Crippen LogP contribution in [0.3, 0.4) is 0 Å². The molecule has 0 radical (unpaired) electrons. The number of nitrogens with zero attached hydrogens (tertiary/aromatic N) is 2. The fourth-order valence-electron chi connectivity index (χ4n) is 2.49. The lowest BCUT2D eigenvalue weighted by Crippen LogP contribution is -2.17. The van der Waals surface area contributed by atoms with Crippen LogP contribution in [0.1, 0.15) is 21.5 Å². The lowest BCUT2D eigenvalue weighted by atomic mass is 10.2. The van der Waals surface area contributed by atoms with Crippen molar-refractivity contribution in [2.24, 2.45) is 5.10 Å². The molecule has 0 heterocycles. The van der Waals surface area contributed by atoms with Crippen LogP contribution in [0.15, 0.2) is 74.7 Å². The molecule has 0 aliphatic carbocycles. The van der Waals surface area contributed by atoms with Gasteiger partial charge in [-0.2, -0.15) is 5.10 Å². The Bertz CT molecular complexity index is 1110. The van der Waals surface area contributed by atoms with Gasteiger partial charge < -0.3 is 4.74 Å². The van der Waals surface area contributed by atoms with Gasteiger partial charge in [0.1, 0.15) is 12.4 Å². The molecule has 0 unspecified atom stereocenters. The molecule has 0 saturated heterocycles. The number of hydrogen-bond acceptors (Lipinski definition) is 5. The van der Waals surface area contributed by atoms with Gasteiger partial charge in [-0.25, -0.2) is 5.43 Å². The molecular formula is C21H14Br2ClN3O4. The first kappa shape index (κ1) is 22.9. The number of hydrogen-bond donors (Lipinski definition) is 1. The standard InChI is InChI=1S/C21H14Br2ClN3O4/c22-18-9-14(10-19(23)20(18)31-12-13-1-5-16(24)6-2-13)11-25-26-21(28)15-3-7-17(8-4-15)27(29)30/h1-11H,12H2,(H,26,28)/b25-11+. The Balaban J connectivity index is 1.62. The van der Waals surface area contributed by atoms with E-state index in [1.54, 1.807) is 24.3 Å². The number of carbonyl (C=O) groups excluding carboxylic acids is 1. The van der Waals surface area contributed by atoms with E-state index in [1.165, 1.54) is 30.5 Å². The highest BCUT2D eigenvalue weighted by molar-refractivity contribution is 9.11. The van der Waals surface area contributed by atoms with Crippen molar-refractivity contribution in [1.82, 2.24) is 5.43 Å². The minimum Gasteiger partial charge on any atom is -0.487 e. The smallest absolute Gasteiger partial charge is 0.271 e. The highest BCUT2D eigenvalue weighted by Crippen LogP contribution is 2.35. The van der Waals surface area contributed by atoms with Gasteiger partial charge in [0.15, 0.2) is 0 Å². The van der Waals surface area contributed by atoms with E-state index in [1.807, 2.05) is 12.1 Å². The number of halogens is 3. The summed E-state index contributed by atoms with van der Waals surface area (Å²) in [5.74, 6) is 0.147. The summed E-state index contributed by atoms with van der Waals surface area (Å²) in [5, 5.41) is 15.3. The summed E-state index contributed by atoms with van der Waals surface area (Å²) in [6, 6.07) is 16.2. The van der Waals surface area contributed by atoms with Crippen LogP contribution in [-0.4, -0.2) is 17.0 Å². The van der Waals surface area contributed by atoms with Gasteiger partial charge in [-0.3, -0.25) is 14.9 Å². The molecular weight excluding hydrogens is 554 g/mol. The van der Waals surface area contributed by atoms with Crippen LogP contribution in [0.2, 0.25) is 5.02 Å². The molecule has 0 aromatic heterocycles. The maximum Gasteiger partial charge on any atom is 0.271 e. The Morgan fingerprint density at radius 2 is 1.71 bits per heavy atom. The summed E-state index contributed by atoms with van der Waals surface area (Å²) in [5.41, 5.74) is 4.24. The van der Waals surface area contributed by atoms with Crippen molar-refractivity contribution in [1.29, 1.82) is 0 Å². The molecule has 31 heavy (non-hydrogen) atoms. The molecule has 3 aromatic rings. The highest BCUT2D eigenvalue weighted by Gasteiger charge is 2.10. The molecule has 0 atom stereocenters. The minimum atomic E-state index is -0.529. The Morgan fingerprint density at radius 3 is 2.29 bits per heavy atom. The summed E-state index contributed by atoms with van der Waals surface area (Å²) >= 11 is 12.8. The van der Waals surface area contributed by atoms with E-state index < -0.39 is 10.8 Å². The normalized spacial score (nSPS) is 10.8. The molecule has 0 aliphatic rings. The van der Waals surface area contributed by atoms with Gasteiger partial charge >= 0.3 is 0 Å².